The van der Waals surface area contributed by atoms with E-state index in [9.17, 15) is 30.3 Å². The van der Waals surface area contributed by atoms with Gasteiger partial charge in [0.2, 0.25) is 0 Å². The molecular weight excluding hydrogens is 908 g/mol. The summed E-state index contributed by atoms with van der Waals surface area (Å²) >= 11 is 13.6. The summed E-state index contributed by atoms with van der Waals surface area (Å²) in [5, 5.41) is 44.7. The Labute approximate surface area is 405 Å². The van der Waals surface area contributed by atoms with E-state index in [0.717, 1.165) is 33.4 Å². The molecular formula is C52H50Cl2N6O8. The minimum atomic E-state index is -0.966. The normalized spacial score (nSPS) is 11.8. The molecule has 0 saturated carbocycles. The van der Waals surface area contributed by atoms with Crippen molar-refractivity contribution in [2.24, 2.45) is 0 Å². The summed E-state index contributed by atoms with van der Waals surface area (Å²) in [7, 11) is 0. The summed E-state index contributed by atoms with van der Waals surface area (Å²) in [5.74, 6) is -0.339. The SMILES string of the molecule is CC[C@H](NCc1cc(Cl)c(OCc2cccc(-c3cccc(COc4cc(OCc5cncc(C#N)c5)c(CN[C@@H](CC)C(=O)O)cc4Cl)c3C)c2C)cc1OCc1cncc(C#N)c1)C(=O)O. The van der Waals surface area contributed by atoms with Crippen molar-refractivity contribution in [3.63, 3.8) is 0 Å². The van der Waals surface area contributed by atoms with Gasteiger partial charge in [0.1, 0.15) is 73.6 Å². The molecule has 2 aromatic heterocycles. The molecule has 16 heteroatoms. The van der Waals surface area contributed by atoms with Gasteiger partial charge < -0.3 is 39.8 Å². The van der Waals surface area contributed by atoms with E-state index >= 15 is 0 Å². The predicted molar refractivity (Wildman–Crippen MR) is 257 cm³/mol. The van der Waals surface area contributed by atoms with Crippen molar-refractivity contribution in [2.45, 2.75) is 92.1 Å². The quantitative estimate of drug-likeness (QED) is 0.0471. The summed E-state index contributed by atoms with van der Waals surface area (Å²) in [5.41, 5.74) is 9.19. The molecule has 350 valence electrons. The number of hydrogen-bond donors (Lipinski definition) is 4. The topological polar surface area (TPSA) is 209 Å². The van der Waals surface area contributed by atoms with Gasteiger partial charge in [-0.2, -0.15) is 10.5 Å². The first-order valence-corrected chi connectivity index (χ1v) is 22.5. The molecule has 0 aliphatic rings. The second-order valence-electron chi connectivity index (χ2n) is 15.9. The summed E-state index contributed by atoms with van der Waals surface area (Å²) in [4.78, 5) is 31.7. The van der Waals surface area contributed by atoms with Crippen LogP contribution in [0.3, 0.4) is 0 Å². The highest BCUT2D eigenvalue weighted by Gasteiger charge is 2.20. The molecule has 0 bridgehead atoms. The molecule has 68 heavy (non-hydrogen) atoms. The molecule has 0 saturated heterocycles. The van der Waals surface area contributed by atoms with E-state index in [2.05, 4.69) is 32.7 Å². The Balaban J connectivity index is 1.20. The molecule has 4 N–H and O–H groups in total. The van der Waals surface area contributed by atoms with Crippen molar-refractivity contribution in [1.29, 1.82) is 10.5 Å². The van der Waals surface area contributed by atoms with Crippen molar-refractivity contribution in [3.8, 4) is 46.3 Å². The fourth-order valence-electron chi connectivity index (χ4n) is 7.35. The Morgan fingerprint density at radius 3 is 1.35 bits per heavy atom. The van der Waals surface area contributed by atoms with Crippen molar-refractivity contribution < 1.29 is 38.7 Å². The van der Waals surface area contributed by atoms with Crippen LogP contribution in [-0.2, 0) is 49.1 Å². The van der Waals surface area contributed by atoms with Gasteiger partial charge in [0.05, 0.1) is 21.2 Å². The lowest BCUT2D eigenvalue weighted by Crippen LogP contribution is -2.35. The van der Waals surface area contributed by atoms with Crippen LogP contribution in [0.2, 0.25) is 10.0 Å². The van der Waals surface area contributed by atoms with Crippen LogP contribution >= 0.6 is 23.2 Å². The van der Waals surface area contributed by atoms with Gasteiger partial charge in [-0.05, 0) is 84.3 Å². The number of carboxylic acid groups (broad SMARTS) is 2. The Bertz CT molecular complexity index is 2670. The number of nitrogens with zero attached hydrogens (tertiary/aromatic N) is 4. The molecule has 14 nitrogen and oxygen atoms in total. The molecule has 0 amide bonds. The zero-order valence-corrected chi connectivity index (χ0v) is 39.4. The number of nitriles is 2. The molecule has 6 rings (SSSR count). The van der Waals surface area contributed by atoms with Crippen molar-refractivity contribution >= 4 is 35.1 Å². The molecule has 0 aliphatic carbocycles. The molecule has 2 heterocycles. The van der Waals surface area contributed by atoms with E-state index in [0.29, 0.717) is 79.3 Å². The Kier molecular flexibility index (Phi) is 17.7. The second-order valence-corrected chi connectivity index (χ2v) is 16.7. The number of carbonyl (C=O) groups is 2. The minimum Gasteiger partial charge on any atom is -0.488 e. The highest BCUT2D eigenvalue weighted by atomic mass is 35.5. The molecule has 0 spiro atoms. The van der Waals surface area contributed by atoms with E-state index < -0.39 is 24.0 Å². The van der Waals surface area contributed by atoms with Crippen LogP contribution in [0.15, 0.2) is 97.6 Å². The molecule has 2 atom stereocenters. The minimum absolute atomic E-state index is 0.0952. The average molecular weight is 958 g/mol. The summed E-state index contributed by atoms with van der Waals surface area (Å²) in [6.45, 7) is 8.50. The van der Waals surface area contributed by atoms with Crippen LogP contribution in [0.4, 0.5) is 0 Å². The molecule has 4 aromatic carbocycles. The van der Waals surface area contributed by atoms with Gasteiger partial charge in [-0.1, -0.05) is 73.4 Å². The van der Waals surface area contributed by atoms with Crippen LogP contribution < -0.4 is 29.6 Å². The van der Waals surface area contributed by atoms with Crippen molar-refractivity contribution in [2.75, 3.05) is 0 Å². The maximum absolute atomic E-state index is 11.8. The van der Waals surface area contributed by atoms with E-state index in [-0.39, 0.29) is 39.5 Å². The van der Waals surface area contributed by atoms with E-state index in [1.807, 2.05) is 50.2 Å². The lowest BCUT2D eigenvalue weighted by molar-refractivity contribution is -0.140. The van der Waals surface area contributed by atoms with Gasteiger partial charge in [0.25, 0.3) is 0 Å². The van der Waals surface area contributed by atoms with Crippen molar-refractivity contribution in [3.05, 3.63) is 163 Å². The molecule has 0 fully saturated rings. The predicted octanol–water partition coefficient (Wildman–Crippen LogP) is 10.0. The number of hydrogen-bond acceptors (Lipinski definition) is 12. The zero-order chi connectivity index (χ0) is 48.7. The Hall–Kier alpha value is -7.20. The summed E-state index contributed by atoms with van der Waals surface area (Å²) in [6.07, 6.45) is 6.91. The highest BCUT2D eigenvalue weighted by molar-refractivity contribution is 6.32. The summed E-state index contributed by atoms with van der Waals surface area (Å²) in [6, 6.07) is 24.8. The first-order chi connectivity index (χ1) is 32.8. The van der Waals surface area contributed by atoms with E-state index in [4.69, 9.17) is 42.1 Å². The Morgan fingerprint density at radius 1 is 0.588 bits per heavy atom. The maximum atomic E-state index is 11.8. The number of nitrogens with one attached hydrogen (secondary N) is 2. The number of rotatable bonds is 23. The molecule has 0 radical (unpaired) electrons. The van der Waals surface area contributed by atoms with Gasteiger partial charge >= 0.3 is 11.9 Å². The fraction of sp³-hybridized carbons (Fsp3) is 0.269. The van der Waals surface area contributed by atoms with Crippen molar-refractivity contribution in [1.82, 2.24) is 20.6 Å². The number of pyridine rings is 2. The molecule has 0 unspecified atom stereocenters. The van der Waals surface area contributed by atoms with Gasteiger partial charge in [0.15, 0.2) is 0 Å². The third-order valence-electron chi connectivity index (χ3n) is 11.3. The number of carboxylic acids is 2. The first-order valence-electron chi connectivity index (χ1n) is 21.8. The van der Waals surface area contributed by atoms with E-state index in [1.165, 1.54) is 12.4 Å². The fourth-order valence-corrected chi connectivity index (χ4v) is 7.83. The third-order valence-corrected chi connectivity index (χ3v) is 11.9. The van der Waals surface area contributed by atoms with Crippen LogP contribution in [0.1, 0.15) is 82.3 Å². The molecule has 0 aliphatic heterocycles. The van der Waals surface area contributed by atoms with Crippen LogP contribution in [0.5, 0.6) is 23.0 Å². The van der Waals surface area contributed by atoms with Gasteiger partial charge in [-0.25, -0.2) is 0 Å². The number of halogens is 2. The lowest BCUT2D eigenvalue weighted by atomic mass is 9.92. The smallest absolute Gasteiger partial charge is 0.320 e. The largest absolute Gasteiger partial charge is 0.488 e. The van der Waals surface area contributed by atoms with E-state index in [1.54, 1.807) is 62.6 Å². The van der Waals surface area contributed by atoms with Gasteiger partial charge in [-0.15, -0.1) is 0 Å². The number of aromatic nitrogens is 2. The Morgan fingerprint density at radius 2 is 0.985 bits per heavy atom. The van der Waals surface area contributed by atoms with Gasteiger partial charge in [-0.3, -0.25) is 19.6 Å². The number of aliphatic carboxylic acids is 2. The lowest BCUT2D eigenvalue weighted by Gasteiger charge is -2.19. The monoisotopic (exact) mass is 956 g/mol. The number of ether oxygens (including phenoxy) is 4. The zero-order valence-electron chi connectivity index (χ0n) is 37.9. The summed E-state index contributed by atoms with van der Waals surface area (Å²) < 4.78 is 25.2. The van der Waals surface area contributed by atoms with Crippen LogP contribution in [0, 0.1) is 36.5 Å². The maximum Gasteiger partial charge on any atom is 0.320 e. The van der Waals surface area contributed by atoms with Crippen LogP contribution in [0.25, 0.3) is 11.1 Å². The first kappa shape index (κ1) is 50.2. The van der Waals surface area contributed by atoms with Crippen LogP contribution in [-0.4, -0.2) is 44.2 Å². The molecule has 6 aromatic rings. The highest BCUT2D eigenvalue weighted by Crippen LogP contribution is 2.37. The third kappa shape index (κ3) is 13.0. The number of benzene rings is 4. The average Bonchev–Trinajstić information content (AvgIpc) is 3.33. The standard InChI is InChI=1S/C52H50Cl2N6O8/c1-5-45(51(61)62)59-25-39-15-43(53)49(17-47(39)65-27-35-13-33(19-55)21-57-23-35)67-29-37-9-7-11-41(31(37)3)42-12-8-10-38(32(42)4)30-68-50-18-48(66-28-36-14-34(20-56)22-58-24-36)40(16-44(50)54)26-60-46(6-2)52(63)64/h7-18,21-24,45-46,59-60H,5-6,25-30H2,1-4H3,(H,61,62)(H,63,64)/t45-,46-/m0/s1. The second kappa shape index (κ2) is 24.0. The van der Waals surface area contributed by atoms with Gasteiger partial charge in [0, 0.05) is 72.3 Å².